The molecule has 1 heterocycles. The molecule has 1 aromatic carbocycles. The van der Waals surface area contributed by atoms with E-state index >= 15 is 0 Å². The van der Waals surface area contributed by atoms with E-state index in [9.17, 15) is 14.4 Å². The fourth-order valence-corrected chi connectivity index (χ4v) is 3.54. The molecule has 2 amide bonds. The Morgan fingerprint density at radius 1 is 1.40 bits per heavy atom. The maximum Gasteiger partial charge on any atom is 0.329 e. The first-order chi connectivity index (χ1) is 11.9. The van der Waals surface area contributed by atoms with Crippen LogP contribution in [0, 0.1) is 6.92 Å². The van der Waals surface area contributed by atoms with Crippen molar-refractivity contribution in [2.24, 2.45) is 0 Å². The van der Waals surface area contributed by atoms with Crippen molar-refractivity contribution >= 4 is 35.2 Å². The molecular formula is C17H22N2O5S. The molecule has 2 atom stereocenters. The van der Waals surface area contributed by atoms with E-state index in [1.54, 1.807) is 13.0 Å². The molecule has 0 unspecified atom stereocenters. The van der Waals surface area contributed by atoms with Crippen molar-refractivity contribution in [3.63, 3.8) is 0 Å². The Labute approximate surface area is 150 Å². The normalized spacial score (nSPS) is 19.7. The Hall–Kier alpha value is -2.22. The Balaban J connectivity index is 1.92. The van der Waals surface area contributed by atoms with Crippen molar-refractivity contribution in [3.8, 4) is 5.75 Å². The second-order valence-corrected chi connectivity index (χ2v) is 6.83. The first-order valence-electron chi connectivity index (χ1n) is 7.97. The molecule has 0 radical (unpaired) electrons. The standard InChI is InChI=1S/C17H22N2O5S/c1-4-24-17(22)12-9-25-14(16(21)19-12)8-15(20)18-11-7-10(2)5-6-13(11)23-3/h5-7,12,14H,4,8-9H2,1-3H3,(H,18,20)(H,19,21)/t12-,14-/m1/s1. The molecule has 136 valence electrons. The van der Waals surface area contributed by atoms with E-state index < -0.39 is 17.3 Å². The Morgan fingerprint density at radius 2 is 2.16 bits per heavy atom. The van der Waals surface area contributed by atoms with Gasteiger partial charge in [0.1, 0.15) is 11.8 Å². The monoisotopic (exact) mass is 366 g/mol. The van der Waals surface area contributed by atoms with Gasteiger partial charge >= 0.3 is 5.97 Å². The second kappa shape index (κ2) is 8.75. The number of ether oxygens (including phenoxy) is 2. The van der Waals surface area contributed by atoms with Crippen molar-refractivity contribution < 1.29 is 23.9 Å². The average molecular weight is 366 g/mol. The lowest BCUT2D eigenvalue weighted by Crippen LogP contribution is -2.51. The molecule has 1 aliphatic rings. The van der Waals surface area contributed by atoms with Gasteiger partial charge in [-0.15, -0.1) is 11.8 Å². The quantitative estimate of drug-likeness (QED) is 0.741. The highest BCUT2D eigenvalue weighted by atomic mass is 32.2. The van der Waals surface area contributed by atoms with Crippen LogP contribution in [0.3, 0.4) is 0 Å². The minimum atomic E-state index is -0.659. The molecule has 1 aromatic rings. The van der Waals surface area contributed by atoms with Crippen molar-refractivity contribution in [3.05, 3.63) is 23.8 Å². The molecular weight excluding hydrogens is 344 g/mol. The summed E-state index contributed by atoms with van der Waals surface area (Å²) < 4.78 is 10.1. The van der Waals surface area contributed by atoms with Gasteiger partial charge in [0.15, 0.2) is 0 Å². The van der Waals surface area contributed by atoms with Gasteiger partial charge in [-0.1, -0.05) is 6.07 Å². The summed E-state index contributed by atoms with van der Waals surface area (Å²) in [5.74, 6) is -0.124. The minimum Gasteiger partial charge on any atom is -0.495 e. The summed E-state index contributed by atoms with van der Waals surface area (Å²) in [7, 11) is 1.53. The van der Waals surface area contributed by atoms with Crippen LogP contribution in [0.15, 0.2) is 18.2 Å². The number of methoxy groups -OCH3 is 1. The van der Waals surface area contributed by atoms with E-state index in [1.807, 2.05) is 19.1 Å². The summed E-state index contributed by atoms with van der Waals surface area (Å²) in [4.78, 5) is 36.1. The van der Waals surface area contributed by atoms with Gasteiger partial charge in [0.2, 0.25) is 11.8 Å². The predicted octanol–water partition coefficient (Wildman–Crippen LogP) is 1.50. The number of hydrogen-bond acceptors (Lipinski definition) is 6. The van der Waals surface area contributed by atoms with Gasteiger partial charge in [-0.2, -0.15) is 0 Å². The van der Waals surface area contributed by atoms with Gasteiger partial charge in [-0.25, -0.2) is 4.79 Å². The topological polar surface area (TPSA) is 93.7 Å². The number of thioether (sulfide) groups is 1. The number of carbonyl (C=O) groups excluding carboxylic acids is 3. The number of rotatable bonds is 6. The van der Waals surface area contributed by atoms with Crippen LogP contribution in [0.25, 0.3) is 0 Å². The first kappa shape index (κ1) is 19.1. The lowest BCUT2D eigenvalue weighted by Gasteiger charge is -2.27. The summed E-state index contributed by atoms with van der Waals surface area (Å²) >= 11 is 1.28. The fourth-order valence-electron chi connectivity index (χ4n) is 2.40. The van der Waals surface area contributed by atoms with E-state index in [4.69, 9.17) is 9.47 Å². The van der Waals surface area contributed by atoms with Crippen LogP contribution in [0.5, 0.6) is 5.75 Å². The highest BCUT2D eigenvalue weighted by molar-refractivity contribution is 8.00. The van der Waals surface area contributed by atoms with Crippen molar-refractivity contribution in [1.29, 1.82) is 0 Å². The van der Waals surface area contributed by atoms with Crippen LogP contribution in [0.1, 0.15) is 18.9 Å². The summed E-state index contributed by atoms with van der Waals surface area (Å²) in [6.45, 7) is 3.89. The van der Waals surface area contributed by atoms with Gasteiger partial charge in [-0.3, -0.25) is 9.59 Å². The third-order valence-electron chi connectivity index (χ3n) is 3.64. The maximum atomic E-state index is 12.3. The zero-order valence-electron chi connectivity index (χ0n) is 14.5. The molecule has 0 bridgehead atoms. The van der Waals surface area contributed by atoms with Crippen LogP contribution in [-0.2, 0) is 19.1 Å². The predicted molar refractivity (Wildman–Crippen MR) is 95.8 cm³/mol. The van der Waals surface area contributed by atoms with Crippen LogP contribution in [0.4, 0.5) is 5.69 Å². The van der Waals surface area contributed by atoms with Gasteiger partial charge < -0.3 is 20.1 Å². The zero-order valence-corrected chi connectivity index (χ0v) is 15.3. The van der Waals surface area contributed by atoms with E-state index in [-0.39, 0.29) is 24.8 Å². The van der Waals surface area contributed by atoms with E-state index in [0.29, 0.717) is 17.2 Å². The van der Waals surface area contributed by atoms with Crippen molar-refractivity contribution in [1.82, 2.24) is 5.32 Å². The number of benzene rings is 1. The smallest absolute Gasteiger partial charge is 0.329 e. The fraction of sp³-hybridized carbons (Fsp3) is 0.471. The van der Waals surface area contributed by atoms with E-state index in [2.05, 4.69) is 10.6 Å². The number of carbonyl (C=O) groups is 3. The van der Waals surface area contributed by atoms with Crippen LogP contribution in [0.2, 0.25) is 0 Å². The third-order valence-corrected chi connectivity index (χ3v) is 4.95. The molecule has 2 N–H and O–H groups in total. The molecule has 7 nitrogen and oxygen atoms in total. The second-order valence-electron chi connectivity index (χ2n) is 5.59. The highest BCUT2D eigenvalue weighted by Crippen LogP contribution is 2.27. The number of hydrogen-bond donors (Lipinski definition) is 2. The Morgan fingerprint density at radius 3 is 2.80 bits per heavy atom. The van der Waals surface area contributed by atoms with E-state index in [1.165, 1.54) is 18.9 Å². The molecule has 8 heteroatoms. The van der Waals surface area contributed by atoms with Gasteiger partial charge in [0.25, 0.3) is 0 Å². The van der Waals surface area contributed by atoms with Crippen LogP contribution >= 0.6 is 11.8 Å². The van der Waals surface area contributed by atoms with Crippen molar-refractivity contribution in [2.75, 3.05) is 24.8 Å². The Kier molecular flexibility index (Phi) is 6.69. The number of esters is 1. The third kappa shape index (κ3) is 5.12. The molecule has 1 fully saturated rings. The lowest BCUT2D eigenvalue weighted by molar-refractivity contribution is -0.146. The summed E-state index contributed by atoms with van der Waals surface area (Å²) in [6.07, 6.45) is 0.0170. The maximum absolute atomic E-state index is 12.3. The van der Waals surface area contributed by atoms with Gasteiger partial charge in [0, 0.05) is 12.2 Å². The highest BCUT2D eigenvalue weighted by Gasteiger charge is 2.34. The molecule has 0 aromatic heterocycles. The average Bonchev–Trinajstić information content (AvgIpc) is 2.57. The largest absolute Gasteiger partial charge is 0.495 e. The number of anilines is 1. The minimum absolute atomic E-state index is 0.0170. The van der Waals surface area contributed by atoms with Gasteiger partial charge in [0.05, 0.1) is 24.7 Å². The van der Waals surface area contributed by atoms with Crippen molar-refractivity contribution in [2.45, 2.75) is 31.6 Å². The lowest BCUT2D eigenvalue weighted by atomic mass is 10.2. The summed E-state index contributed by atoms with van der Waals surface area (Å²) in [6, 6.07) is 4.81. The molecule has 0 saturated carbocycles. The molecule has 1 aliphatic heterocycles. The molecule has 0 aliphatic carbocycles. The van der Waals surface area contributed by atoms with Crippen LogP contribution < -0.4 is 15.4 Å². The number of nitrogens with one attached hydrogen (secondary N) is 2. The summed E-state index contributed by atoms with van der Waals surface area (Å²) in [5, 5.41) is 4.85. The molecule has 0 spiro atoms. The summed E-state index contributed by atoms with van der Waals surface area (Å²) in [5.41, 5.74) is 1.55. The van der Waals surface area contributed by atoms with E-state index in [0.717, 1.165) is 5.56 Å². The first-order valence-corrected chi connectivity index (χ1v) is 9.02. The molecule has 1 saturated heterocycles. The number of amides is 2. The Bertz CT molecular complexity index is 664. The SMILES string of the molecule is CCOC(=O)[C@H]1CS[C@H](CC(=O)Nc2cc(C)ccc2OC)C(=O)N1. The number of aryl methyl sites for hydroxylation is 1. The molecule has 25 heavy (non-hydrogen) atoms. The van der Waals surface area contributed by atoms with Crippen LogP contribution in [-0.4, -0.2) is 48.5 Å². The van der Waals surface area contributed by atoms with Gasteiger partial charge in [-0.05, 0) is 31.5 Å². The molecule has 2 rings (SSSR count). The zero-order chi connectivity index (χ0) is 18.4.